The lowest BCUT2D eigenvalue weighted by Gasteiger charge is -2.38. The maximum atomic E-state index is 12.2. The molecule has 0 spiro atoms. The number of anilines is 2. The van der Waals surface area contributed by atoms with Crippen molar-refractivity contribution < 1.29 is 9.59 Å². The zero-order valence-corrected chi connectivity index (χ0v) is 15.8. The smallest absolute Gasteiger partial charge is 0.245 e. The number of carbonyl (C=O) groups is 2. The number of amides is 2. The summed E-state index contributed by atoms with van der Waals surface area (Å²) in [4.78, 5) is 31.9. The van der Waals surface area contributed by atoms with E-state index >= 15 is 0 Å². The van der Waals surface area contributed by atoms with Crippen molar-refractivity contribution in [3.8, 4) is 0 Å². The van der Waals surface area contributed by atoms with Crippen molar-refractivity contribution in [2.75, 3.05) is 4.90 Å². The molecule has 1 saturated heterocycles. The summed E-state index contributed by atoms with van der Waals surface area (Å²) in [7, 11) is 0. The van der Waals surface area contributed by atoms with Gasteiger partial charge in [0.2, 0.25) is 11.8 Å². The van der Waals surface area contributed by atoms with Crippen LogP contribution in [0.25, 0.3) is 0 Å². The molecule has 2 amide bonds. The van der Waals surface area contributed by atoms with E-state index in [0.717, 1.165) is 21.2 Å². The first-order valence-corrected chi connectivity index (χ1v) is 9.72. The van der Waals surface area contributed by atoms with Gasteiger partial charge in [0.25, 0.3) is 0 Å². The van der Waals surface area contributed by atoms with Gasteiger partial charge in [-0.1, -0.05) is 36.0 Å². The molecular formula is C18H16N4O2S2. The van der Waals surface area contributed by atoms with Gasteiger partial charge in [-0.15, -0.1) is 0 Å². The number of amidine groups is 1. The van der Waals surface area contributed by atoms with E-state index in [0.29, 0.717) is 5.17 Å². The van der Waals surface area contributed by atoms with E-state index in [-0.39, 0.29) is 17.3 Å². The van der Waals surface area contributed by atoms with Gasteiger partial charge in [-0.25, -0.2) is 5.01 Å². The SMILES string of the molecule is CC(=O)N=C1NN(C(C)=O)C(N2c3ccccc3Sc3ccccc32)S1. The molecule has 2 aliphatic rings. The van der Waals surface area contributed by atoms with Crippen LogP contribution in [-0.4, -0.2) is 27.5 Å². The van der Waals surface area contributed by atoms with Crippen molar-refractivity contribution in [3.63, 3.8) is 0 Å². The lowest BCUT2D eigenvalue weighted by Crippen LogP contribution is -2.48. The molecule has 2 aromatic carbocycles. The number of fused-ring (bicyclic) bond motifs is 2. The van der Waals surface area contributed by atoms with Crippen LogP contribution in [0.4, 0.5) is 11.4 Å². The maximum absolute atomic E-state index is 12.2. The number of carbonyl (C=O) groups excluding carboxylic acids is 2. The molecule has 1 N–H and O–H groups in total. The Kier molecular flexibility index (Phi) is 4.37. The lowest BCUT2D eigenvalue weighted by atomic mass is 10.2. The number of nitrogens with zero attached hydrogens (tertiary/aromatic N) is 3. The Morgan fingerprint density at radius 1 is 1.00 bits per heavy atom. The number of hydrogen-bond acceptors (Lipinski definition) is 5. The number of thioether (sulfide) groups is 1. The standard InChI is InChI=1S/C18H16N4O2S2/c1-11(23)19-17-20-22(12(2)24)18(26-17)21-13-7-3-5-9-15(13)25-16-10-6-4-8-14(16)21/h3-10,18H,1-2H3,(H,19,20,23). The molecule has 2 aromatic rings. The van der Waals surface area contributed by atoms with Crippen molar-refractivity contribution in [1.29, 1.82) is 0 Å². The predicted octanol–water partition coefficient (Wildman–Crippen LogP) is 3.58. The van der Waals surface area contributed by atoms with Crippen LogP contribution >= 0.6 is 23.5 Å². The number of aliphatic imine (C=N–C) groups is 1. The summed E-state index contributed by atoms with van der Waals surface area (Å²) >= 11 is 3.06. The van der Waals surface area contributed by atoms with E-state index in [1.54, 1.807) is 11.8 Å². The van der Waals surface area contributed by atoms with Crippen LogP contribution in [0.1, 0.15) is 13.8 Å². The molecule has 0 radical (unpaired) electrons. The van der Waals surface area contributed by atoms with Crippen LogP contribution in [0.3, 0.4) is 0 Å². The third-order valence-corrected chi connectivity index (χ3v) is 6.11. The molecule has 4 rings (SSSR count). The second kappa shape index (κ2) is 6.69. The summed E-state index contributed by atoms with van der Waals surface area (Å²) < 4.78 is 0. The Morgan fingerprint density at radius 3 is 2.12 bits per heavy atom. The minimum atomic E-state index is -0.381. The number of para-hydroxylation sites is 2. The Morgan fingerprint density at radius 2 is 1.58 bits per heavy atom. The molecule has 0 aliphatic carbocycles. The maximum Gasteiger partial charge on any atom is 0.245 e. The van der Waals surface area contributed by atoms with E-state index in [4.69, 9.17) is 0 Å². The minimum absolute atomic E-state index is 0.149. The summed E-state index contributed by atoms with van der Waals surface area (Å²) in [5.41, 5.74) is 4.62. The molecule has 0 saturated carbocycles. The molecule has 2 heterocycles. The quantitative estimate of drug-likeness (QED) is 0.811. The summed E-state index contributed by atoms with van der Waals surface area (Å²) in [6, 6.07) is 16.2. The summed E-state index contributed by atoms with van der Waals surface area (Å²) in [5.74, 6) is -0.455. The van der Waals surface area contributed by atoms with Gasteiger partial charge in [0.15, 0.2) is 10.7 Å². The molecule has 0 bridgehead atoms. The van der Waals surface area contributed by atoms with Gasteiger partial charge in [0, 0.05) is 23.6 Å². The van der Waals surface area contributed by atoms with Gasteiger partial charge in [-0.2, -0.15) is 4.99 Å². The van der Waals surface area contributed by atoms with Crippen LogP contribution in [0.5, 0.6) is 0 Å². The van der Waals surface area contributed by atoms with E-state index in [1.165, 1.54) is 30.6 Å². The molecule has 1 fully saturated rings. The van der Waals surface area contributed by atoms with Crippen LogP contribution in [-0.2, 0) is 9.59 Å². The highest BCUT2D eigenvalue weighted by molar-refractivity contribution is 8.14. The Labute approximate surface area is 159 Å². The monoisotopic (exact) mass is 384 g/mol. The van der Waals surface area contributed by atoms with Crippen LogP contribution < -0.4 is 10.3 Å². The molecule has 0 aromatic heterocycles. The van der Waals surface area contributed by atoms with Crippen molar-refractivity contribution >= 4 is 51.9 Å². The van der Waals surface area contributed by atoms with E-state index < -0.39 is 0 Å². The molecule has 26 heavy (non-hydrogen) atoms. The van der Waals surface area contributed by atoms with Gasteiger partial charge in [0.1, 0.15) is 0 Å². The van der Waals surface area contributed by atoms with Crippen LogP contribution in [0.2, 0.25) is 0 Å². The molecule has 132 valence electrons. The number of hydrazine groups is 1. The predicted molar refractivity (Wildman–Crippen MR) is 104 cm³/mol. The van der Waals surface area contributed by atoms with Gasteiger partial charge in [0.05, 0.1) is 11.4 Å². The highest BCUT2D eigenvalue weighted by Gasteiger charge is 2.40. The Hall–Kier alpha value is -2.45. The normalized spacial score (nSPS) is 19.8. The lowest BCUT2D eigenvalue weighted by molar-refractivity contribution is -0.131. The number of hydrogen-bond donors (Lipinski definition) is 1. The molecule has 2 aliphatic heterocycles. The summed E-state index contributed by atoms with van der Waals surface area (Å²) in [5, 5.41) is 1.93. The molecule has 1 unspecified atom stereocenters. The average molecular weight is 384 g/mol. The van der Waals surface area contributed by atoms with Gasteiger partial charge in [-0.05, 0) is 36.0 Å². The summed E-state index contributed by atoms with van der Waals surface area (Å²) in [6.45, 7) is 2.89. The van der Waals surface area contributed by atoms with Crippen molar-refractivity contribution in [2.24, 2.45) is 4.99 Å². The van der Waals surface area contributed by atoms with E-state index in [1.807, 2.05) is 36.4 Å². The first kappa shape index (κ1) is 17.0. The van der Waals surface area contributed by atoms with Gasteiger partial charge < -0.3 is 4.90 Å². The van der Waals surface area contributed by atoms with Crippen molar-refractivity contribution in [3.05, 3.63) is 48.5 Å². The molecule has 1 atom stereocenters. The molecule has 6 nitrogen and oxygen atoms in total. The van der Waals surface area contributed by atoms with E-state index in [2.05, 4.69) is 27.5 Å². The van der Waals surface area contributed by atoms with Crippen molar-refractivity contribution in [1.82, 2.24) is 10.4 Å². The fourth-order valence-electron chi connectivity index (χ4n) is 2.91. The fraction of sp³-hybridized carbons (Fsp3) is 0.167. The zero-order valence-electron chi connectivity index (χ0n) is 14.2. The van der Waals surface area contributed by atoms with Gasteiger partial charge in [-0.3, -0.25) is 15.0 Å². The first-order valence-electron chi connectivity index (χ1n) is 8.02. The second-order valence-electron chi connectivity index (χ2n) is 5.79. The first-order chi connectivity index (χ1) is 12.5. The fourth-order valence-corrected chi connectivity index (χ4v) is 5.15. The average Bonchev–Trinajstić information content (AvgIpc) is 3.02. The van der Waals surface area contributed by atoms with E-state index in [9.17, 15) is 9.59 Å². The highest BCUT2D eigenvalue weighted by atomic mass is 32.2. The van der Waals surface area contributed by atoms with Crippen LogP contribution in [0.15, 0.2) is 63.3 Å². The van der Waals surface area contributed by atoms with Crippen molar-refractivity contribution in [2.45, 2.75) is 29.1 Å². The highest BCUT2D eigenvalue weighted by Crippen LogP contribution is 2.50. The third kappa shape index (κ3) is 2.95. The van der Waals surface area contributed by atoms with Crippen LogP contribution in [0, 0.1) is 0 Å². The Balaban J connectivity index is 1.83. The number of benzene rings is 2. The number of rotatable bonds is 1. The Bertz CT molecular complexity index is 885. The minimum Gasteiger partial charge on any atom is -0.307 e. The summed E-state index contributed by atoms with van der Waals surface area (Å²) in [6.07, 6.45) is 0. The topological polar surface area (TPSA) is 65.0 Å². The zero-order chi connectivity index (χ0) is 18.3. The largest absolute Gasteiger partial charge is 0.307 e. The molecular weight excluding hydrogens is 368 g/mol. The number of nitrogens with one attached hydrogen (secondary N) is 1. The molecule has 8 heteroatoms. The second-order valence-corrected chi connectivity index (χ2v) is 7.92. The van der Waals surface area contributed by atoms with Gasteiger partial charge >= 0.3 is 0 Å². The third-order valence-electron chi connectivity index (χ3n) is 3.94.